The Morgan fingerprint density at radius 2 is 1.71 bits per heavy atom. The quantitative estimate of drug-likeness (QED) is 0.779. The van der Waals surface area contributed by atoms with E-state index in [1.54, 1.807) is 42.5 Å². The Morgan fingerprint density at radius 3 is 2.43 bits per heavy atom. The molecule has 6 heteroatoms. The molecule has 0 atom stereocenters. The molecule has 0 aliphatic heterocycles. The van der Waals surface area contributed by atoms with Crippen molar-refractivity contribution in [1.29, 1.82) is 0 Å². The Kier molecular flexibility index (Phi) is 3.82. The Labute approximate surface area is 130 Å². The third-order valence-corrected chi connectivity index (χ3v) is 3.71. The van der Waals surface area contributed by atoms with Crippen molar-refractivity contribution in [2.45, 2.75) is 6.42 Å². The van der Waals surface area contributed by atoms with Gasteiger partial charge in [0, 0.05) is 16.5 Å². The van der Waals surface area contributed by atoms with Crippen molar-refractivity contribution in [3.63, 3.8) is 0 Å². The van der Waals surface area contributed by atoms with Crippen LogP contribution < -0.4 is 0 Å². The number of hydrogen-bond donors (Lipinski definition) is 1. The molecule has 1 aromatic heterocycles. The van der Waals surface area contributed by atoms with Crippen molar-refractivity contribution in [3.05, 3.63) is 63.9 Å². The van der Waals surface area contributed by atoms with Crippen LogP contribution in [0.4, 0.5) is 0 Å². The van der Waals surface area contributed by atoms with Gasteiger partial charge in [-0.1, -0.05) is 46.6 Å². The fourth-order valence-corrected chi connectivity index (χ4v) is 2.48. The maximum absolute atomic E-state index is 9.78. The summed E-state index contributed by atoms with van der Waals surface area (Å²) in [4.78, 5) is 4.26. The second kappa shape index (κ2) is 5.76. The number of aromatic hydroxyl groups is 1. The summed E-state index contributed by atoms with van der Waals surface area (Å²) in [5.74, 6) is 0.790. The maximum Gasteiger partial charge on any atom is 0.261 e. The van der Waals surface area contributed by atoms with Crippen LogP contribution in [0.3, 0.4) is 0 Å². The smallest absolute Gasteiger partial charge is 0.261 e. The molecule has 106 valence electrons. The SMILES string of the molecule is Oc1ccccc1-c1nc(Cc2c(Cl)cccc2Cl)no1. The molecule has 0 aliphatic carbocycles. The van der Waals surface area contributed by atoms with E-state index in [0.717, 1.165) is 5.56 Å². The van der Waals surface area contributed by atoms with E-state index in [1.807, 2.05) is 0 Å². The molecule has 0 unspecified atom stereocenters. The lowest BCUT2D eigenvalue weighted by Gasteiger charge is -2.03. The first-order valence-electron chi connectivity index (χ1n) is 6.19. The van der Waals surface area contributed by atoms with E-state index < -0.39 is 0 Å². The Bertz CT molecular complexity index is 767. The van der Waals surface area contributed by atoms with Crippen molar-refractivity contribution in [2.75, 3.05) is 0 Å². The van der Waals surface area contributed by atoms with Gasteiger partial charge in [-0.2, -0.15) is 4.98 Å². The second-order valence-electron chi connectivity index (χ2n) is 4.41. The molecule has 3 rings (SSSR count). The highest BCUT2D eigenvalue weighted by molar-refractivity contribution is 6.36. The van der Waals surface area contributed by atoms with Crippen molar-refractivity contribution in [1.82, 2.24) is 10.1 Å². The summed E-state index contributed by atoms with van der Waals surface area (Å²) in [5.41, 5.74) is 1.23. The minimum Gasteiger partial charge on any atom is -0.507 e. The number of para-hydroxylation sites is 1. The molecular formula is C15H10Cl2N2O2. The van der Waals surface area contributed by atoms with Crippen molar-refractivity contribution < 1.29 is 9.63 Å². The van der Waals surface area contributed by atoms with Crippen LogP contribution in [0.25, 0.3) is 11.5 Å². The highest BCUT2D eigenvalue weighted by Crippen LogP contribution is 2.29. The minimum atomic E-state index is 0.0866. The predicted octanol–water partition coefficient (Wildman–Crippen LogP) is 4.34. The standard InChI is InChI=1S/C15H10Cl2N2O2/c16-11-5-3-6-12(17)10(11)8-14-18-15(21-19-14)9-4-1-2-7-13(9)20/h1-7,20H,8H2. The summed E-state index contributed by atoms with van der Waals surface area (Å²) in [5, 5.41) is 14.8. The van der Waals surface area contributed by atoms with Crippen LogP contribution in [0.2, 0.25) is 10.0 Å². The Hall–Kier alpha value is -2.04. The van der Waals surface area contributed by atoms with Gasteiger partial charge in [0.15, 0.2) is 5.82 Å². The van der Waals surface area contributed by atoms with Crippen molar-refractivity contribution >= 4 is 23.2 Å². The number of halogens is 2. The molecule has 0 saturated heterocycles. The maximum atomic E-state index is 9.78. The predicted molar refractivity (Wildman–Crippen MR) is 80.7 cm³/mol. The minimum absolute atomic E-state index is 0.0866. The van der Waals surface area contributed by atoms with Crippen LogP contribution in [0, 0.1) is 0 Å². The van der Waals surface area contributed by atoms with E-state index in [0.29, 0.717) is 27.9 Å². The summed E-state index contributed by atoms with van der Waals surface area (Å²) in [7, 11) is 0. The highest BCUT2D eigenvalue weighted by atomic mass is 35.5. The largest absolute Gasteiger partial charge is 0.507 e. The second-order valence-corrected chi connectivity index (χ2v) is 5.22. The monoisotopic (exact) mass is 320 g/mol. The Balaban J connectivity index is 1.91. The average molecular weight is 321 g/mol. The number of phenolic OH excluding ortho intramolecular Hbond substituents is 1. The molecule has 0 fully saturated rings. The lowest BCUT2D eigenvalue weighted by Crippen LogP contribution is -1.93. The van der Waals surface area contributed by atoms with Gasteiger partial charge in [-0.3, -0.25) is 0 Å². The van der Waals surface area contributed by atoms with Crippen molar-refractivity contribution in [2.24, 2.45) is 0 Å². The highest BCUT2D eigenvalue weighted by Gasteiger charge is 2.14. The molecule has 21 heavy (non-hydrogen) atoms. The summed E-state index contributed by atoms with van der Waals surface area (Å²) in [6, 6.07) is 12.1. The number of phenols is 1. The first-order valence-corrected chi connectivity index (χ1v) is 6.94. The van der Waals surface area contributed by atoms with E-state index in [2.05, 4.69) is 10.1 Å². The number of benzene rings is 2. The molecule has 0 aliphatic rings. The van der Waals surface area contributed by atoms with Gasteiger partial charge in [0.25, 0.3) is 5.89 Å². The van der Waals surface area contributed by atoms with E-state index in [-0.39, 0.29) is 11.6 Å². The third-order valence-electron chi connectivity index (χ3n) is 3.00. The molecule has 0 amide bonds. The third kappa shape index (κ3) is 2.86. The summed E-state index contributed by atoms with van der Waals surface area (Å²) in [6.07, 6.45) is 0.357. The fraction of sp³-hybridized carbons (Fsp3) is 0.0667. The van der Waals surface area contributed by atoms with Gasteiger partial charge in [0.05, 0.1) is 5.56 Å². The van der Waals surface area contributed by atoms with Crippen LogP contribution in [0.15, 0.2) is 47.0 Å². The number of aromatic nitrogens is 2. The molecule has 3 aromatic rings. The summed E-state index contributed by atoms with van der Waals surface area (Å²) >= 11 is 12.2. The molecule has 0 saturated carbocycles. The summed E-state index contributed by atoms with van der Waals surface area (Å²) < 4.78 is 5.18. The van der Waals surface area contributed by atoms with Gasteiger partial charge < -0.3 is 9.63 Å². The molecule has 0 bridgehead atoms. The topological polar surface area (TPSA) is 59.2 Å². The van der Waals surface area contributed by atoms with Gasteiger partial charge in [0.1, 0.15) is 5.75 Å². The fourth-order valence-electron chi connectivity index (χ4n) is 1.95. The van der Waals surface area contributed by atoms with Gasteiger partial charge in [-0.15, -0.1) is 0 Å². The summed E-state index contributed by atoms with van der Waals surface area (Å²) in [6.45, 7) is 0. The van der Waals surface area contributed by atoms with Gasteiger partial charge >= 0.3 is 0 Å². The van der Waals surface area contributed by atoms with Gasteiger partial charge in [-0.05, 0) is 29.8 Å². The molecular weight excluding hydrogens is 311 g/mol. The zero-order chi connectivity index (χ0) is 14.8. The normalized spacial score (nSPS) is 10.8. The number of rotatable bonds is 3. The van der Waals surface area contributed by atoms with E-state index in [9.17, 15) is 5.11 Å². The van der Waals surface area contributed by atoms with Crippen molar-refractivity contribution in [3.8, 4) is 17.2 Å². The van der Waals surface area contributed by atoms with Gasteiger partial charge in [0.2, 0.25) is 0 Å². The molecule has 0 radical (unpaired) electrons. The first-order chi connectivity index (χ1) is 10.1. The zero-order valence-electron chi connectivity index (χ0n) is 10.8. The number of nitrogens with zero attached hydrogens (tertiary/aromatic N) is 2. The van der Waals surface area contributed by atoms with E-state index in [1.165, 1.54) is 0 Å². The molecule has 0 spiro atoms. The molecule has 1 heterocycles. The van der Waals surface area contributed by atoms with Crippen LogP contribution >= 0.6 is 23.2 Å². The molecule has 1 N–H and O–H groups in total. The first kappa shape index (κ1) is 13.9. The Morgan fingerprint density at radius 1 is 1.00 bits per heavy atom. The average Bonchev–Trinajstić information content (AvgIpc) is 2.92. The molecule has 4 nitrogen and oxygen atoms in total. The van der Waals surface area contributed by atoms with Crippen LogP contribution in [-0.2, 0) is 6.42 Å². The zero-order valence-corrected chi connectivity index (χ0v) is 12.3. The van der Waals surface area contributed by atoms with Gasteiger partial charge in [-0.25, -0.2) is 0 Å². The lowest BCUT2D eigenvalue weighted by molar-refractivity contribution is 0.418. The van der Waals surface area contributed by atoms with Crippen LogP contribution in [-0.4, -0.2) is 15.2 Å². The van der Waals surface area contributed by atoms with Crippen LogP contribution in [0.1, 0.15) is 11.4 Å². The van der Waals surface area contributed by atoms with Crippen LogP contribution in [0.5, 0.6) is 5.75 Å². The number of hydrogen-bond acceptors (Lipinski definition) is 4. The van der Waals surface area contributed by atoms with E-state index in [4.69, 9.17) is 27.7 Å². The molecule has 2 aromatic carbocycles. The lowest BCUT2D eigenvalue weighted by atomic mass is 10.1. The van der Waals surface area contributed by atoms with E-state index >= 15 is 0 Å².